The van der Waals surface area contributed by atoms with Crippen molar-refractivity contribution in [3.05, 3.63) is 35.9 Å². The molecule has 1 aromatic rings. The van der Waals surface area contributed by atoms with Crippen LogP contribution in [-0.4, -0.2) is 24.4 Å². The molecule has 0 N–H and O–H groups in total. The molecule has 0 aromatic heterocycles. The third-order valence-corrected chi connectivity index (χ3v) is 2.23. The summed E-state index contributed by atoms with van der Waals surface area (Å²) in [5.41, 5.74) is 2.31. The lowest BCUT2D eigenvalue weighted by Gasteiger charge is -2.11. The van der Waals surface area contributed by atoms with E-state index in [1.807, 2.05) is 37.2 Å². The summed E-state index contributed by atoms with van der Waals surface area (Å²) < 4.78 is 0. The quantitative estimate of drug-likeness (QED) is 0.605. The first-order valence-electron chi connectivity index (χ1n) is 3.53. The Morgan fingerprint density at radius 3 is 2.18 bits per heavy atom. The minimum atomic E-state index is 1.10. The molecule has 0 radical (unpaired) electrons. The molecule has 0 aliphatic carbocycles. The number of rotatable bonds is 2. The van der Waals surface area contributed by atoms with E-state index in [1.54, 1.807) is 0 Å². The van der Waals surface area contributed by atoms with Crippen molar-refractivity contribution in [2.45, 2.75) is 0 Å². The average Bonchev–Trinajstić information content (AvgIpc) is 2.05. The van der Waals surface area contributed by atoms with Crippen LogP contribution in [0, 0.1) is 0 Å². The van der Waals surface area contributed by atoms with E-state index >= 15 is 0 Å². The molecule has 0 saturated carbocycles. The molecule has 0 amide bonds. The van der Waals surface area contributed by atoms with Crippen LogP contribution in [0.3, 0.4) is 0 Å². The summed E-state index contributed by atoms with van der Waals surface area (Å²) in [4.78, 5) is 2.03. The molecule has 0 heterocycles. The zero-order valence-corrected chi connectivity index (χ0v) is 7.83. The maximum atomic E-state index is 3.54. The van der Waals surface area contributed by atoms with Gasteiger partial charge in [0.05, 0.1) is 0 Å². The SMILES string of the molecule is CN(C)C(=P)c1ccccc1. The highest BCUT2D eigenvalue weighted by Gasteiger charge is 1.98. The molecule has 0 aliphatic heterocycles. The first kappa shape index (κ1) is 8.45. The van der Waals surface area contributed by atoms with Crippen molar-refractivity contribution in [1.82, 2.24) is 4.90 Å². The minimum absolute atomic E-state index is 1.10. The molecular weight excluding hydrogens is 153 g/mol. The van der Waals surface area contributed by atoms with Crippen molar-refractivity contribution < 1.29 is 0 Å². The minimum Gasteiger partial charge on any atom is -0.277 e. The first-order chi connectivity index (χ1) is 5.22. The van der Waals surface area contributed by atoms with Gasteiger partial charge in [0.25, 0.3) is 0 Å². The highest BCUT2D eigenvalue weighted by atomic mass is 31.0. The molecule has 0 unspecified atom stereocenters. The second-order valence-electron chi connectivity index (χ2n) is 2.61. The average molecular weight is 165 g/mol. The van der Waals surface area contributed by atoms with Crippen LogP contribution < -0.4 is 0 Å². The number of hydrogen-bond acceptors (Lipinski definition) is 0. The zero-order valence-electron chi connectivity index (χ0n) is 6.83. The standard InChI is InChI=1S/C9H12NP/c1-10(2)9(11)8-6-4-3-5-7-8/h3-7,11H,1-2H3. The summed E-state index contributed by atoms with van der Waals surface area (Å²) in [6.45, 7) is 0. The zero-order chi connectivity index (χ0) is 8.27. The second kappa shape index (κ2) is 3.66. The molecule has 58 valence electrons. The van der Waals surface area contributed by atoms with Gasteiger partial charge in [0.1, 0.15) is 0 Å². The van der Waals surface area contributed by atoms with Gasteiger partial charge in [0.15, 0.2) is 0 Å². The van der Waals surface area contributed by atoms with Crippen molar-refractivity contribution in [3.63, 3.8) is 0 Å². The molecule has 11 heavy (non-hydrogen) atoms. The molecule has 0 spiro atoms. The van der Waals surface area contributed by atoms with E-state index in [4.69, 9.17) is 0 Å². The Hall–Kier alpha value is -0.650. The van der Waals surface area contributed by atoms with Crippen LogP contribution in [0.4, 0.5) is 0 Å². The highest BCUT2D eigenvalue weighted by molar-refractivity contribution is 7.21. The number of benzene rings is 1. The predicted octanol–water partition coefficient (Wildman–Crippen LogP) is 1.87. The Labute approximate surface area is 69.9 Å². The summed E-state index contributed by atoms with van der Waals surface area (Å²) in [5, 5.41) is 0. The maximum Gasteiger partial charge on any atom is 0.0441 e. The molecule has 0 fully saturated rings. The topological polar surface area (TPSA) is 3.24 Å². The molecule has 1 rings (SSSR count). The van der Waals surface area contributed by atoms with Crippen LogP contribution in [0.25, 0.3) is 0 Å². The van der Waals surface area contributed by atoms with Gasteiger partial charge in [0.2, 0.25) is 0 Å². The number of nitrogens with zero attached hydrogens (tertiary/aromatic N) is 1. The van der Waals surface area contributed by atoms with Gasteiger partial charge in [-0.2, -0.15) is 0 Å². The van der Waals surface area contributed by atoms with Crippen molar-refractivity contribution in [2.75, 3.05) is 14.1 Å². The molecule has 0 saturated heterocycles. The van der Waals surface area contributed by atoms with Crippen LogP contribution in [0.1, 0.15) is 5.56 Å². The van der Waals surface area contributed by atoms with Gasteiger partial charge in [0, 0.05) is 5.42 Å². The van der Waals surface area contributed by atoms with E-state index in [1.165, 1.54) is 5.56 Å². The molecule has 0 aliphatic rings. The smallest absolute Gasteiger partial charge is 0.0441 e. The highest BCUT2D eigenvalue weighted by Crippen LogP contribution is 2.03. The van der Waals surface area contributed by atoms with Gasteiger partial charge >= 0.3 is 0 Å². The number of hydrogen-bond donors (Lipinski definition) is 0. The second-order valence-corrected chi connectivity index (χ2v) is 3.08. The van der Waals surface area contributed by atoms with Crippen LogP contribution >= 0.6 is 8.86 Å². The molecular formula is C9H12NP. The van der Waals surface area contributed by atoms with Crippen LogP contribution in [0.2, 0.25) is 0 Å². The fraction of sp³-hybridized carbons (Fsp3) is 0.222. The van der Waals surface area contributed by atoms with Crippen LogP contribution in [0.5, 0.6) is 0 Å². The van der Waals surface area contributed by atoms with Crippen molar-refractivity contribution in [3.8, 4) is 0 Å². The maximum absolute atomic E-state index is 3.54. The normalized spacial score (nSPS) is 10.1. The predicted molar refractivity (Wildman–Crippen MR) is 52.6 cm³/mol. The Morgan fingerprint density at radius 2 is 1.73 bits per heavy atom. The van der Waals surface area contributed by atoms with E-state index in [-0.39, 0.29) is 0 Å². The van der Waals surface area contributed by atoms with Crippen LogP contribution in [0.15, 0.2) is 30.3 Å². The molecule has 1 nitrogen and oxygen atoms in total. The van der Waals surface area contributed by atoms with Crippen molar-refractivity contribution in [1.29, 1.82) is 0 Å². The Balaban J connectivity index is 2.86. The third-order valence-electron chi connectivity index (χ3n) is 1.49. The molecule has 0 bridgehead atoms. The van der Waals surface area contributed by atoms with Gasteiger partial charge in [-0.05, 0) is 19.7 Å². The third kappa shape index (κ3) is 2.14. The van der Waals surface area contributed by atoms with E-state index in [0.717, 1.165) is 5.42 Å². The first-order valence-corrected chi connectivity index (χ1v) is 4.03. The van der Waals surface area contributed by atoms with E-state index < -0.39 is 0 Å². The summed E-state index contributed by atoms with van der Waals surface area (Å²) in [6.07, 6.45) is 0. The van der Waals surface area contributed by atoms with Gasteiger partial charge < -0.3 is 0 Å². The van der Waals surface area contributed by atoms with E-state index in [2.05, 4.69) is 21.0 Å². The van der Waals surface area contributed by atoms with Gasteiger partial charge in [-0.25, -0.2) is 0 Å². The lowest BCUT2D eigenvalue weighted by molar-refractivity contribution is 0.636. The van der Waals surface area contributed by atoms with Crippen molar-refractivity contribution in [2.24, 2.45) is 0 Å². The fourth-order valence-electron chi connectivity index (χ4n) is 0.854. The van der Waals surface area contributed by atoms with Gasteiger partial charge in [-0.1, -0.05) is 30.3 Å². The fourth-order valence-corrected chi connectivity index (χ4v) is 1.02. The molecule has 0 atom stereocenters. The van der Waals surface area contributed by atoms with Crippen molar-refractivity contribution >= 4 is 14.3 Å². The molecule has 1 aromatic carbocycles. The monoisotopic (exact) mass is 165 g/mol. The van der Waals surface area contributed by atoms with E-state index in [0.29, 0.717) is 0 Å². The Kier molecular flexibility index (Phi) is 2.81. The van der Waals surface area contributed by atoms with Crippen LogP contribution in [-0.2, 0) is 0 Å². The summed E-state index contributed by atoms with van der Waals surface area (Å²) in [5.74, 6) is 0. The summed E-state index contributed by atoms with van der Waals surface area (Å²) in [6, 6.07) is 10.2. The molecule has 2 heteroatoms. The lowest BCUT2D eigenvalue weighted by Crippen LogP contribution is -2.19. The lowest BCUT2D eigenvalue weighted by atomic mass is 10.2. The van der Waals surface area contributed by atoms with Gasteiger partial charge in [-0.3, -0.25) is 4.90 Å². The summed E-state index contributed by atoms with van der Waals surface area (Å²) >= 11 is 0. The van der Waals surface area contributed by atoms with E-state index in [9.17, 15) is 0 Å². The Morgan fingerprint density at radius 1 is 1.18 bits per heavy atom. The largest absolute Gasteiger partial charge is 0.277 e. The Bertz CT molecular complexity index is 241. The van der Waals surface area contributed by atoms with Gasteiger partial charge in [-0.15, -0.1) is 8.86 Å². The summed E-state index contributed by atoms with van der Waals surface area (Å²) in [7, 11) is 7.56.